The van der Waals surface area contributed by atoms with Crippen molar-refractivity contribution < 1.29 is 0 Å². The molecule has 5 nitrogen and oxygen atoms in total. The fraction of sp³-hybridized carbons (Fsp3) is 0.412. The molecule has 0 bridgehead atoms. The zero-order chi connectivity index (χ0) is 16.0. The lowest BCUT2D eigenvalue weighted by Gasteiger charge is -2.35. The van der Waals surface area contributed by atoms with E-state index in [1.54, 1.807) is 11.3 Å². The average Bonchev–Trinajstić information content (AvgIpc) is 3.19. The van der Waals surface area contributed by atoms with Crippen LogP contribution in [0.1, 0.15) is 11.3 Å². The Hall–Kier alpha value is -1.92. The molecule has 23 heavy (non-hydrogen) atoms. The van der Waals surface area contributed by atoms with Crippen molar-refractivity contribution in [1.29, 1.82) is 0 Å². The summed E-state index contributed by atoms with van der Waals surface area (Å²) in [5, 5.41) is 6.95. The van der Waals surface area contributed by atoms with Gasteiger partial charge in [0.05, 0.1) is 4.88 Å². The Morgan fingerprint density at radius 3 is 2.61 bits per heavy atom. The molecule has 1 saturated heterocycles. The summed E-state index contributed by atoms with van der Waals surface area (Å²) in [5.74, 6) is 1.20. The topological polar surface area (TPSA) is 36.7 Å². The van der Waals surface area contributed by atoms with Gasteiger partial charge in [0, 0.05) is 43.5 Å². The third-order valence-corrected chi connectivity index (χ3v) is 5.52. The fourth-order valence-corrected chi connectivity index (χ4v) is 3.80. The number of nitrogens with zero attached hydrogens (tertiary/aromatic N) is 5. The summed E-state index contributed by atoms with van der Waals surface area (Å²) < 4.78 is 2.03. The molecule has 0 aliphatic carbocycles. The second-order valence-electron chi connectivity index (χ2n) is 6.21. The van der Waals surface area contributed by atoms with Gasteiger partial charge in [-0.2, -0.15) is 9.61 Å². The van der Waals surface area contributed by atoms with E-state index >= 15 is 0 Å². The molecule has 0 unspecified atom stereocenters. The van der Waals surface area contributed by atoms with Crippen LogP contribution in [0.2, 0.25) is 0 Å². The summed E-state index contributed by atoms with van der Waals surface area (Å²) in [6.07, 6.45) is 0. The van der Waals surface area contributed by atoms with E-state index in [1.807, 2.05) is 4.52 Å². The molecule has 0 N–H and O–H groups in total. The zero-order valence-corrected chi connectivity index (χ0v) is 14.6. The van der Waals surface area contributed by atoms with Crippen molar-refractivity contribution >= 4 is 22.8 Å². The molecule has 3 aromatic heterocycles. The van der Waals surface area contributed by atoms with Gasteiger partial charge in [-0.3, -0.25) is 0 Å². The standard InChI is InChI=1S/C17H21N5S/c1-12-13(2)18-16-11-14(15-5-4-10-23-15)19-22(16)17(12)21-8-6-20(3)7-9-21/h4-5,10-11H,6-9H2,1-3H3. The maximum absolute atomic E-state index is 4.86. The van der Waals surface area contributed by atoms with Crippen molar-refractivity contribution in [2.75, 3.05) is 38.1 Å². The lowest BCUT2D eigenvalue weighted by molar-refractivity contribution is 0.311. The zero-order valence-electron chi connectivity index (χ0n) is 13.8. The highest BCUT2D eigenvalue weighted by atomic mass is 32.1. The number of anilines is 1. The molecular weight excluding hydrogens is 306 g/mol. The maximum atomic E-state index is 4.86. The second-order valence-corrected chi connectivity index (χ2v) is 7.16. The predicted octanol–water partition coefficient (Wildman–Crippen LogP) is 2.83. The van der Waals surface area contributed by atoms with Gasteiger partial charge in [-0.1, -0.05) is 6.07 Å². The molecule has 1 aliphatic heterocycles. The van der Waals surface area contributed by atoms with Gasteiger partial charge < -0.3 is 9.80 Å². The molecule has 4 heterocycles. The van der Waals surface area contributed by atoms with E-state index in [0.717, 1.165) is 43.2 Å². The molecular formula is C17H21N5S. The summed E-state index contributed by atoms with van der Waals surface area (Å²) in [7, 11) is 2.18. The Labute approximate surface area is 140 Å². The van der Waals surface area contributed by atoms with Gasteiger partial charge in [0.15, 0.2) is 5.65 Å². The number of thiophene rings is 1. The molecule has 4 rings (SSSR count). The molecule has 0 spiro atoms. The lowest BCUT2D eigenvalue weighted by atomic mass is 10.2. The highest BCUT2D eigenvalue weighted by Gasteiger charge is 2.21. The van der Waals surface area contributed by atoms with Crippen LogP contribution in [0, 0.1) is 13.8 Å². The first kappa shape index (κ1) is 14.7. The fourth-order valence-electron chi connectivity index (χ4n) is 3.12. The van der Waals surface area contributed by atoms with E-state index in [1.165, 1.54) is 16.3 Å². The van der Waals surface area contributed by atoms with Gasteiger partial charge in [-0.05, 0) is 32.3 Å². The van der Waals surface area contributed by atoms with E-state index in [-0.39, 0.29) is 0 Å². The Morgan fingerprint density at radius 2 is 1.91 bits per heavy atom. The van der Waals surface area contributed by atoms with Crippen LogP contribution < -0.4 is 4.90 Å². The molecule has 3 aromatic rings. The summed E-state index contributed by atoms with van der Waals surface area (Å²) in [4.78, 5) is 10.8. The Balaban J connectivity index is 1.86. The van der Waals surface area contributed by atoms with Crippen molar-refractivity contribution in [3.05, 3.63) is 34.8 Å². The highest BCUT2D eigenvalue weighted by molar-refractivity contribution is 7.13. The van der Waals surface area contributed by atoms with Crippen molar-refractivity contribution in [2.45, 2.75) is 13.8 Å². The molecule has 0 radical (unpaired) electrons. The van der Waals surface area contributed by atoms with Gasteiger partial charge in [-0.15, -0.1) is 11.3 Å². The van der Waals surface area contributed by atoms with Crippen LogP contribution in [0.3, 0.4) is 0 Å². The van der Waals surface area contributed by atoms with Crippen LogP contribution >= 0.6 is 11.3 Å². The molecule has 1 aliphatic rings. The Bertz CT molecular complexity index is 828. The summed E-state index contributed by atoms with van der Waals surface area (Å²) in [5.41, 5.74) is 4.25. The second kappa shape index (κ2) is 5.62. The quantitative estimate of drug-likeness (QED) is 0.725. The number of rotatable bonds is 2. The van der Waals surface area contributed by atoms with Crippen LogP contribution in [0.15, 0.2) is 23.6 Å². The van der Waals surface area contributed by atoms with E-state index in [2.05, 4.69) is 54.3 Å². The van der Waals surface area contributed by atoms with Gasteiger partial charge in [0.2, 0.25) is 0 Å². The van der Waals surface area contributed by atoms with Crippen LogP contribution in [0.5, 0.6) is 0 Å². The van der Waals surface area contributed by atoms with Crippen LogP contribution in [-0.2, 0) is 0 Å². The SMILES string of the molecule is Cc1nc2cc(-c3cccs3)nn2c(N2CCN(C)CC2)c1C. The molecule has 6 heteroatoms. The minimum Gasteiger partial charge on any atom is -0.354 e. The summed E-state index contributed by atoms with van der Waals surface area (Å²) in [6.45, 7) is 8.48. The van der Waals surface area contributed by atoms with Crippen LogP contribution in [0.4, 0.5) is 5.82 Å². The van der Waals surface area contributed by atoms with Gasteiger partial charge in [0.25, 0.3) is 0 Å². The van der Waals surface area contributed by atoms with Crippen molar-refractivity contribution in [3.63, 3.8) is 0 Å². The largest absolute Gasteiger partial charge is 0.354 e. The van der Waals surface area contributed by atoms with E-state index in [0.29, 0.717) is 0 Å². The first-order valence-corrected chi connectivity index (χ1v) is 8.86. The first-order chi connectivity index (χ1) is 11.1. The molecule has 0 saturated carbocycles. The highest BCUT2D eigenvalue weighted by Crippen LogP contribution is 2.29. The minimum atomic E-state index is 0.936. The van der Waals surface area contributed by atoms with Gasteiger partial charge >= 0.3 is 0 Å². The molecule has 1 fully saturated rings. The van der Waals surface area contributed by atoms with E-state index in [9.17, 15) is 0 Å². The molecule has 120 valence electrons. The summed E-state index contributed by atoms with van der Waals surface area (Å²) >= 11 is 1.72. The van der Waals surface area contributed by atoms with Crippen molar-refractivity contribution in [3.8, 4) is 10.6 Å². The molecule has 0 atom stereocenters. The van der Waals surface area contributed by atoms with E-state index < -0.39 is 0 Å². The van der Waals surface area contributed by atoms with Crippen molar-refractivity contribution in [1.82, 2.24) is 19.5 Å². The maximum Gasteiger partial charge on any atom is 0.158 e. The molecule has 0 amide bonds. The predicted molar refractivity (Wildman–Crippen MR) is 95.5 cm³/mol. The van der Waals surface area contributed by atoms with Crippen LogP contribution in [0.25, 0.3) is 16.2 Å². The van der Waals surface area contributed by atoms with Crippen LogP contribution in [-0.4, -0.2) is 52.7 Å². The monoisotopic (exact) mass is 327 g/mol. The minimum absolute atomic E-state index is 0.936. The van der Waals surface area contributed by atoms with Gasteiger partial charge in [-0.25, -0.2) is 4.98 Å². The lowest BCUT2D eigenvalue weighted by Crippen LogP contribution is -2.45. The van der Waals surface area contributed by atoms with E-state index in [4.69, 9.17) is 10.1 Å². The number of aromatic nitrogens is 3. The third kappa shape index (κ3) is 2.52. The number of aryl methyl sites for hydroxylation is 1. The Kier molecular flexibility index (Phi) is 3.58. The number of hydrogen-bond acceptors (Lipinski definition) is 5. The van der Waals surface area contributed by atoms with Crippen molar-refractivity contribution in [2.24, 2.45) is 0 Å². The first-order valence-electron chi connectivity index (χ1n) is 7.98. The number of piperazine rings is 1. The normalized spacial score (nSPS) is 16.4. The summed E-state index contributed by atoms with van der Waals surface area (Å²) in [6, 6.07) is 6.27. The smallest absolute Gasteiger partial charge is 0.158 e. The average molecular weight is 327 g/mol. The Morgan fingerprint density at radius 1 is 1.13 bits per heavy atom. The third-order valence-electron chi connectivity index (χ3n) is 4.63. The number of likely N-dealkylation sites (N-methyl/N-ethyl adjacent to an activating group) is 1. The number of fused-ring (bicyclic) bond motifs is 1. The van der Waals surface area contributed by atoms with Gasteiger partial charge in [0.1, 0.15) is 11.5 Å². The molecule has 0 aromatic carbocycles. The number of hydrogen-bond donors (Lipinski definition) is 0.